The van der Waals surface area contributed by atoms with Crippen molar-refractivity contribution in [2.45, 2.75) is 39.5 Å². The van der Waals surface area contributed by atoms with Crippen LogP contribution >= 0.6 is 0 Å². The Hall–Kier alpha value is -4.20. The van der Waals surface area contributed by atoms with Gasteiger partial charge in [-0.2, -0.15) is 5.26 Å². The molecule has 1 atom stereocenters. The summed E-state index contributed by atoms with van der Waals surface area (Å²) in [5.74, 6) is -2.95. The van der Waals surface area contributed by atoms with Crippen LogP contribution in [0.3, 0.4) is 0 Å². The molecule has 0 radical (unpaired) electrons. The fraction of sp³-hybridized carbons (Fsp3) is 0.391. The van der Waals surface area contributed by atoms with E-state index in [2.05, 4.69) is 5.32 Å². The van der Waals surface area contributed by atoms with Gasteiger partial charge < -0.3 is 19.5 Å². The fourth-order valence-electron chi connectivity index (χ4n) is 3.47. The first kappa shape index (κ1) is 26.1. The van der Waals surface area contributed by atoms with E-state index in [1.807, 2.05) is 6.07 Å². The summed E-state index contributed by atoms with van der Waals surface area (Å²) < 4.78 is 15.4. The molecule has 1 heterocycles. The van der Waals surface area contributed by atoms with Crippen molar-refractivity contribution in [2.75, 3.05) is 19.8 Å². The standard InChI is InChI=1S/C23H25N3O8/c1-14-19(22(28)33-10-5-9-24)21(17-7-4-8-18(13-17)26(30)31)20(15(2)25-14)23(29)34-12-6-11-32-16(3)27/h4,7-8,13,21,25H,5-6,10-12H2,1-3H3. The van der Waals surface area contributed by atoms with Gasteiger partial charge in [0.25, 0.3) is 5.69 Å². The van der Waals surface area contributed by atoms with Crippen molar-refractivity contribution < 1.29 is 33.5 Å². The molecule has 0 spiro atoms. The zero-order chi connectivity index (χ0) is 25.3. The van der Waals surface area contributed by atoms with E-state index in [1.165, 1.54) is 25.1 Å². The van der Waals surface area contributed by atoms with Crippen molar-refractivity contribution in [3.8, 4) is 6.07 Å². The summed E-state index contributed by atoms with van der Waals surface area (Å²) in [6.45, 7) is 4.39. The lowest BCUT2D eigenvalue weighted by molar-refractivity contribution is -0.384. The van der Waals surface area contributed by atoms with Gasteiger partial charge in [-0.1, -0.05) is 12.1 Å². The highest BCUT2D eigenvalue weighted by molar-refractivity contribution is 6.00. The van der Waals surface area contributed by atoms with Gasteiger partial charge >= 0.3 is 17.9 Å². The summed E-state index contributed by atoms with van der Waals surface area (Å²) in [5, 5.41) is 23.0. The third kappa shape index (κ3) is 6.65. The predicted octanol–water partition coefficient (Wildman–Crippen LogP) is 2.78. The molecule has 34 heavy (non-hydrogen) atoms. The lowest BCUT2D eigenvalue weighted by atomic mass is 9.80. The Bertz CT molecular complexity index is 1080. The van der Waals surface area contributed by atoms with Crippen LogP contribution in [0.4, 0.5) is 5.69 Å². The molecule has 0 saturated heterocycles. The van der Waals surface area contributed by atoms with Crippen LogP contribution in [0.2, 0.25) is 0 Å². The van der Waals surface area contributed by atoms with E-state index in [9.17, 15) is 24.5 Å². The maximum atomic E-state index is 13.1. The molecule has 0 fully saturated rings. The summed E-state index contributed by atoms with van der Waals surface area (Å²) in [4.78, 5) is 47.6. The van der Waals surface area contributed by atoms with Crippen LogP contribution in [0.5, 0.6) is 0 Å². The summed E-state index contributed by atoms with van der Waals surface area (Å²) >= 11 is 0. The SMILES string of the molecule is CC(=O)OCCCOC(=O)C1=C(C)NC(C)=C(C(=O)OCCC#N)C1c1cccc([N+](=O)[O-])c1. The number of rotatable bonds is 10. The predicted molar refractivity (Wildman–Crippen MR) is 118 cm³/mol. The third-order valence-electron chi connectivity index (χ3n) is 4.89. The monoisotopic (exact) mass is 471 g/mol. The molecule has 11 nitrogen and oxygen atoms in total. The number of hydrogen-bond donors (Lipinski definition) is 1. The van der Waals surface area contributed by atoms with Gasteiger partial charge in [-0.05, 0) is 19.4 Å². The highest BCUT2D eigenvalue weighted by atomic mass is 16.6. The summed E-state index contributed by atoms with van der Waals surface area (Å²) in [6.07, 6.45) is 0.254. The third-order valence-corrected chi connectivity index (χ3v) is 4.89. The normalized spacial score (nSPS) is 15.2. The highest BCUT2D eigenvalue weighted by Crippen LogP contribution is 2.40. The number of non-ortho nitro benzene ring substituents is 1. The van der Waals surface area contributed by atoms with Gasteiger partial charge in [0.15, 0.2) is 0 Å². The van der Waals surface area contributed by atoms with Crippen molar-refractivity contribution in [2.24, 2.45) is 0 Å². The Labute approximate surface area is 196 Å². The molecule has 0 aromatic heterocycles. The van der Waals surface area contributed by atoms with Crippen LogP contribution in [-0.4, -0.2) is 42.7 Å². The number of carbonyl (C=O) groups excluding carboxylic acids is 3. The van der Waals surface area contributed by atoms with Crippen molar-refractivity contribution >= 4 is 23.6 Å². The van der Waals surface area contributed by atoms with E-state index in [0.29, 0.717) is 17.0 Å². The maximum Gasteiger partial charge on any atom is 0.336 e. The Morgan fingerprint density at radius 1 is 1.06 bits per heavy atom. The van der Waals surface area contributed by atoms with Gasteiger partial charge in [0.05, 0.1) is 47.7 Å². The Morgan fingerprint density at radius 3 is 2.21 bits per heavy atom. The molecule has 180 valence electrons. The zero-order valence-electron chi connectivity index (χ0n) is 19.1. The molecule has 1 N–H and O–H groups in total. The van der Waals surface area contributed by atoms with E-state index in [0.717, 1.165) is 0 Å². The number of ether oxygens (including phenoxy) is 3. The molecule has 0 saturated carbocycles. The van der Waals surface area contributed by atoms with Crippen LogP contribution in [0, 0.1) is 21.4 Å². The lowest BCUT2D eigenvalue weighted by Crippen LogP contribution is -2.32. The quantitative estimate of drug-likeness (QED) is 0.177. The Morgan fingerprint density at radius 2 is 1.65 bits per heavy atom. The number of hydrogen-bond acceptors (Lipinski definition) is 10. The average molecular weight is 471 g/mol. The van der Waals surface area contributed by atoms with Gasteiger partial charge in [0, 0.05) is 36.9 Å². The van der Waals surface area contributed by atoms with Crippen LogP contribution in [0.25, 0.3) is 0 Å². The molecular formula is C23H25N3O8. The molecule has 1 unspecified atom stereocenters. The van der Waals surface area contributed by atoms with E-state index in [4.69, 9.17) is 19.5 Å². The van der Waals surface area contributed by atoms with Crippen LogP contribution in [0.15, 0.2) is 46.8 Å². The molecule has 1 aliphatic rings. The minimum atomic E-state index is -1.00. The fourth-order valence-corrected chi connectivity index (χ4v) is 3.47. The van der Waals surface area contributed by atoms with E-state index >= 15 is 0 Å². The summed E-state index contributed by atoms with van der Waals surface area (Å²) in [7, 11) is 0. The number of dihydropyridines is 1. The van der Waals surface area contributed by atoms with Crippen molar-refractivity contribution in [1.82, 2.24) is 5.32 Å². The van der Waals surface area contributed by atoms with Gasteiger partial charge in [-0.25, -0.2) is 9.59 Å². The topological polar surface area (TPSA) is 158 Å². The first-order chi connectivity index (χ1) is 16.2. The lowest BCUT2D eigenvalue weighted by Gasteiger charge is -2.30. The molecule has 0 amide bonds. The van der Waals surface area contributed by atoms with Crippen molar-refractivity contribution in [3.63, 3.8) is 0 Å². The van der Waals surface area contributed by atoms with Crippen molar-refractivity contribution in [1.29, 1.82) is 5.26 Å². The largest absolute Gasteiger partial charge is 0.466 e. The van der Waals surface area contributed by atoms with Gasteiger partial charge in [0.1, 0.15) is 6.61 Å². The number of nitriles is 1. The first-order valence-corrected chi connectivity index (χ1v) is 10.4. The van der Waals surface area contributed by atoms with Gasteiger partial charge in [-0.15, -0.1) is 0 Å². The molecule has 0 bridgehead atoms. The van der Waals surface area contributed by atoms with Crippen LogP contribution in [0.1, 0.15) is 45.1 Å². The molecule has 0 aliphatic carbocycles. The highest BCUT2D eigenvalue weighted by Gasteiger charge is 2.38. The number of esters is 3. The smallest absolute Gasteiger partial charge is 0.336 e. The molecule has 2 rings (SSSR count). The van der Waals surface area contributed by atoms with Crippen LogP contribution < -0.4 is 5.32 Å². The van der Waals surface area contributed by atoms with Crippen molar-refractivity contribution in [3.05, 3.63) is 62.5 Å². The van der Waals surface area contributed by atoms with E-state index in [1.54, 1.807) is 19.9 Å². The number of nitrogens with one attached hydrogen (secondary N) is 1. The molecular weight excluding hydrogens is 446 g/mol. The zero-order valence-corrected chi connectivity index (χ0v) is 19.1. The molecule has 1 aromatic rings. The second-order valence-electron chi connectivity index (χ2n) is 7.36. The van der Waals surface area contributed by atoms with Gasteiger partial charge in [0.2, 0.25) is 0 Å². The Balaban J connectivity index is 2.42. The number of nitrogens with zero attached hydrogens (tertiary/aromatic N) is 2. The average Bonchev–Trinajstić information content (AvgIpc) is 2.78. The first-order valence-electron chi connectivity index (χ1n) is 10.4. The van der Waals surface area contributed by atoms with Gasteiger partial charge in [-0.3, -0.25) is 14.9 Å². The van der Waals surface area contributed by atoms with E-state index in [-0.39, 0.29) is 49.5 Å². The second-order valence-corrected chi connectivity index (χ2v) is 7.36. The Kier molecular flexibility index (Phi) is 9.31. The molecule has 11 heteroatoms. The number of benzene rings is 1. The summed E-state index contributed by atoms with van der Waals surface area (Å²) in [6, 6.07) is 7.49. The maximum absolute atomic E-state index is 13.1. The second kappa shape index (κ2) is 12.2. The molecule has 1 aliphatic heterocycles. The number of nitro groups is 1. The van der Waals surface area contributed by atoms with E-state index < -0.39 is 28.7 Å². The summed E-state index contributed by atoms with van der Waals surface area (Å²) in [5.41, 5.74) is 1.10. The number of carbonyl (C=O) groups is 3. The number of allylic oxidation sites excluding steroid dienone is 2. The molecule has 1 aromatic carbocycles. The van der Waals surface area contributed by atoms with Crippen LogP contribution in [-0.2, 0) is 28.6 Å². The number of nitro benzene ring substituents is 1. The minimum Gasteiger partial charge on any atom is -0.466 e. The minimum absolute atomic E-state index is 0.0148.